The lowest BCUT2D eigenvalue weighted by molar-refractivity contribution is -0.118. The van der Waals surface area contributed by atoms with Crippen LogP contribution in [-0.2, 0) is 18.3 Å². The van der Waals surface area contributed by atoms with Crippen molar-refractivity contribution in [2.45, 2.75) is 12.8 Å². The molecular formula is C17H15ClN2OS. The van der Waals surface area contributed by atoms with E-state index in [0.29, 0.717) is 22.7 Å². The minimum absolute atomic E-state index is 0.0999. The van der Waals surface area contributed by atoms with Crippen LogP contribution in [0.5, 0.6) is 0 Å². The lowest BCUT2D eigenvalue weighted by Crippen LogP contribution is -2.13. The number of aromatic nitrogens is 1. The van der Waals surface area contributed by atoms with Gasteiger partial charge in [-0.15, -0.1) is 0 Å². The van der Waals surface area contributed by atoms with E-state index < -0.39 is 0 Å². The highest BCUT2D eigenvalue weighted by molar-refractivity contribution is 7.16. The molecule has 5 heteroatoms. The van der Waals surface area contributed by atoms with E-state index in [0.717, 1.165) is 15.8 Å². The summed E-state index contributed by atoms with van der Waals surface area (Å²) in [6, 6.07) is 15.7. The van der Waals surface area contributed by atoms with Crippen molar-refractivity contribution >= 4 is 39.1 Å². The fourth-order valence-electron chi connectivity index (χ4n) is 2.27. The van der Waals surface area contributed by atoms with Gasteiger partial charge in [0, 0.05) is 18.5 Å². The zero-order valence-corrected chi connectivity index (χ0v) is 13.7. The molecule has 22 heavy (non-hydrogen) atoms. The predicted octanol–water partition coefficient (Wildman–Crippen LogP) is 3.95. The summed E-state index contributed by atoms with van der Waals surface area (Å²) in [5.74, 6) is -0.0999. The van der Waals surface area contributed by atoms with Gasteiger partial charge in [0.15, 0.2) is 4.80 Å². The Hall–Kier alpha value is -1.91. The number of aryl methyl sites for hydroxylation is 2. The maximum Gasteiger partial charge on any atom is 0.248 e. The molecule has 3 nitrogen and oxygen atoms in total. The largest absolute Gasteiger partial charge is 0.319 e. The summed E-state index contributed by atoms with van der Waals surface area (Å²) in [6.45, 7) is 0. The van der Waals surface area contributed by atoms with Crippen molar-refractivity contribution in [3.63, 3.8) is 0 Å². The molecule has 0 saturated carbocycles. The fourth-order valence-corrected chi connectivity index (χ4v) is 3.58. The normalized spacial score (nSPS) is 12.0. The minimum Gasteiger partial charge on any atom is -0.319 e. The molecule has 2 aromatic carbocycles. The number of thiazole rings is 1. The van der Waals surface area contributed by atoms with E-state index in [9.17, 15) is 4.79 Å². The fraction of sp³-hybridized carbons (Fsp3) is 0.176. The van der Waals surface area contributed by atoms with Crippen LogP contribution in [0.2, 0.25) is 5.02 Å². The SMILES string of the molecule is Cn1c(=NC(=O)CCc2ccccc2)sc2cc(Cl)ccc21. The molecule has 1 aromatic heterocycles. The summed E-state index contributed by atoms with van der Waals surface area (Å²) in [7, 11) is 1.91. The Morgan fingerprint density at radius 2 is 2.00 bits per heavy atom. The van der Waals surface area contributed by atoms with Crippen LogP contribution in [0.1, 0.15) is 12.0 Å². The second-order valence-corrected chi connectivity index (χ2v) is 6.49. The highest BCUT2D eigenvalue weighted by Crippen LogP contribution is 2.21. The minimum atomic E-state index is -0.0999. The van der Waals surface area contributed by atoms with E-state index in [1.807, 2.05) is 60.1 Å². The number of hydrogen-bond acceptors (Lipinski definition) is 2. The van der Waals surface area contributed by atoms with Crippen molar-refractivity contribution in [1.29, 1.82) is 0 Å². The molecule has 0 bridgehead atoms. The molecule has 1 heterocycles. The Balaban J connectivity index is 1.82. The van der Waals surface area contributed by atoms with E-state index in [4.69, 9.17) is 11.6 Å². The van der Waals surface area contributed by atoms with E-state index in [2.05, 4.69) is 4.99 Å². The summed E-state index contributed by atoms with van der Waals surface area (Å²) in [5, 5.41) is 0.691. The molecule has 0 saturated heterocycles. The van der Waals surface area contributed by atoms with Crippen LogP contribution in [0, 0.1) is 0 Å². The maximum absolute atomic E-state index is 12.1. The average Bonchev–Trinajstić information content (AvgIpc) is 2.82. The number of amides is 1. The van der Waals surface area contributed by atoms with Crippen molar-refractivity contribution in [1.82, 2.24) is 4.57 Å². The summed E-state index contributed by atoms with van der Waals surface area (Å²) in [5.41, 5.74) is 2.18. The molecule has 3 rings (SSSR count). The molecule has 0 atom stereocenters. The third-order valence-corrected chi connectivity index (χ3v) is 4.79. The highest BCUT2D eigenvalue weighted by Gasteiger charge is 2.06. The zero-order chi connectivity index (χ0) is 15.5. The topological polar surface area (TPSA) is 34.4 Å². The van der Waals surface area contributed by atoms with Crippen LogP contribution in [0.3, 0.4) is 0 Å². The van der Waals surface area contributed by atoms with E-state index >= 15 is 0 Å². The van der Waals surface area contributed by atoms with Gasteiger partial charge in [-0.05, 0) is 30.2 Å². The number of carbonyl (C=O) groups is 1. The predicted molar refractivity (Wildman–Crippen MR) is 91.1 cm³/mol. The van der Waals surface area contributed by atoms with Gasteiger partial charge in [0.1, 0.15) is 0 Å². The van der Waals surface area contributed by atoms with Crippen LogP contribution in [-0.4, -0.2) is 10.5 Å². The van der Waals surface area contributed by atoms with Crippen LogP contribution < -0.4 is 4.80 Å². The number of carbonyl (C=O) groups excluding carboxylic acids is 1. The van der Waals surface area contributed by atoms with Crippen LogP contribution in [0.4, 0.5) is 0 Å². The van der Waals surface area contributed by atoms with E-state index in [1.165, 1.54) is 11.3 Å². The molecule has 0 aliphatic heterocycles. The lowest BCUT2D eigenvalue weighted by atomic mass is 10.1. The Morgan fingerprint density at radius 3 is 2.77 bits per heavy atom. The third kappa shape index (κ3) is 3.29. The van der Waals surface area contributed by atoms with Crippen LogP contribution in [0.15, 0.2) is 53.5 Å². The maximum atomic E-state index is 12.1. The van der Waals surface area contributed by atoms with E-state index in [1.54, 1.807) is 0 Å². The molecule has 0 aliphatic rings. The van der Waals surface area contributed by atoms with E-state index in [-0.39, 0.29) is 5.91 Å². The molecule has 0 radical (unpaired) electrons. The summed E-state index contributed by atoms with van der Waals surface area (Å²) in [6.07, 6.45) is 1.13. The Morgan fingerprint density at radius 1 is 1.23 bits per heavy atom. The first-order valence-electron chi connectivity index (χ1n) is 7.00. The second-order valence-electron chi connectivity index (χ2n) is 5.05. The first-order chi connectivity index (χ1) is 10.6. The van der Waals surface area contributed by atoms with Gasteiger partial charge in [-0.2, -0.15) is 4.99 Å². The second kappa shape index (κ2) is 6.46. The van der Waals surface area contributed by atoms with Crippen molar-refractivity contribution in [3.05, 3.63) is 63.9 Å². The van der Waals surface area contributed by atoms with Crippen molar-refractivity contribution in [2.75, 3.05) is 0 Å². The van der Waals surface area contributed by atoms with Gasteiger partial charge in [0.25, 0.3) is 0 Å². The summed E-state index contributed by atoms with van der Waals surface area (Å²) >= 11 is 7.48. The van der Waals surface area contributed by atoms with Crippen LogP contribution in [0.25, 0.3) is 10.2 Å². The zero-order valence-electron chi connectivity index (χ0n) is 12.1. The highest BCUT2D eigenvalue weighted by atomic mass is 35.5. The quantitative estimate of drug-likeness (QED) is 0.716. The van der Waals surface area contributed by atoms with Crippen molar-refractivity contribution in [3.8, 4) is 0 Å². The Bertz CT molecular complexity index is 881. The first kappa shape index (κ1) is 15.0. The number of hydrogen-bond donors (Lipinski definition) is 0. The molecule has 0 aliphatic carbocycles. The molecule has 0 unspecified atom stereocenters. The average molecular weight is 331 g/mol. The lowest BCUT2D eigenvalue weighted by Gasteiger charge is -1.98. The number of fused-ring (bicyclic) bond motifs is 1. The van der Waals surface area contributed by atoms with Crippen molar-refractivity contribution in [2.24, 2.45) is 12.0 Å². The number of halogens is 1. The third-order valence-electron chi connectivity index (χ3n) is 3.46. The van der Waals surface area contributed by atoms with Gasteiger partial charge in [0.2, 0.25) is 5.91 Å². The summed E-state index contributed by atoms with van der Waals surface area (Å²) < 4.78 is 2.96. The first-order valence-corrected chi connectivity index (χ1v) is 8.19. The molecule has 0 N–H and O–H groups in total. The van der Waals surface area contributed by atoms with Gasteiger partial charge < -0.3 is 4.57 Å². The smallest absolute Gasteiger partial charge is 0.248 e. The Kier molecular flexibility index (Phi) is 4.41. The van der Waals surface area contributed by atoms with Gasteiger partial charge in [-0.3, -0.25) is 4.79 Å². The van der Waals surface area contributed by atoms with Gasteiger partial charge in [0.05, 0.1) is 10.2 Å². The summed E-state index contributed by atoms with van der Waals surface area (Å²) in [4.78, 5) is 17.0. The molecule has 1 amide bonds. The number of benzene rings is 2. The molecule has 0 fully saturated rings. The van der Waals surface area contributed by atoms with Crippen LogP contribution >= 0.6 is 22.9 Å². The Labute approximate surface area is 137 Å². The standard InChI is InChI=1S/C17H15ClN2OS/c1-20-14-9-8-13(18)11-15(14)22-17(20)19-16(21)10-7-12-5-3-2-4-6-12/h2-6,8-9,11H,7,10H2,1H3. The van der Waals surface area contributed by atoms with Gasteiger partial charge in [-0.1, -0.05) is 53.3 Å². The van der Waals surface area contributed by atoms with Gasteiger partial charge in [-0.25, -0.2) is 0 Å². The number of nitrogens with zero attached hydrogens (tertiary/aromatic N) is 2. The molecular weight excluding hydrogens is 316 g/mol. The monoisotopic (exact) mass is 330 g/mol. The molecule has 0 spiro atoms. The molecule has 112 valence electrons. The van der Waals surface area contributed by atoms with Gasteiger partial charge >= 0.3 is 0 Å². The molecule has 3 aromatic rings. The number of rotatable bonds is 3. The van der Waals surface area contributed by atoms with Crippen molar-refractivity contribution < 1.29 is 4.79 Å².